The van der Waals surface area contributed by atoms with E-state index in [2.05, 4.69) is 9.97 Å². The molecule has 0 saturated carbocycles. The van der Waals surface area contributed by atoms with Crippen molar-refractivity contribution in [3.05, 3.63) is 100 Å². The number of aryl methyl sites for hydroxylation is 1. The Morgan fingerprint density at radius 1 is 1.00 bits per heavy atom. The minimum atomic E-state index is -0.450. The number of esters is 1. The molecule has 0 aliphatic rings. The van der Waals surface area contributed by atoms with Crippen LogP contribution in [0.25, 0.3) is 27.7 Å². The first-order chi connectivity index (χ1) is 16.0. The Morgan fingerprint density at radius 3 is 2.58 bits per heavy atom. The number of fused-ring (bicyclic) bond motifs is 2. The molecule has 0 aliphatic heterocycles. The fourth-order valence-electron chi connectivity index (χ4n) is 3.81. The molecule has 7 nitrogen and oxygen atoms in total. The lowest BCUT2D eigenvalue weighted by atomic mass is 10.1. The van der Waals surface area contributed by atoms with E-state index in [9.17, 15) is 9.59 Å². The van der Waals surface area contributed by atoms with Crippen LogP contribution in [0.4, 0.5) is 0 Å². The lowest BCUT2D eigenvalue weighted by Gasteiger charge is -2.09. The predicted octanol–water partition coefficient (Wildman–Crippen LogP) is 4.24. The summed E-state index contributed by atoms with van der Waals surface area (Å²) in [6.45, 7) is 4.55. The molecule has 2 aromatic carbocycles. The second kappa shape index (κ2) is 8.35. The van der Waals surface area contributed by atoms with Gasteiger partial charge >= 0.3 is 5.97 Å². The maximum Gasteiger partial charge on any atom is 0.358 e. The quantitative estimate of drug-likeness (QED) is 0.384. The molecule has 0 bridgehead atoms. The molecule has 0 saturated heterocycles. The first-order valence-electron chi connectivity index (χ1n) is 10.7. The zero-order valence-corrected chi connectivity index (χ0v) is 18.4. The minimum Gasteiger partial charge on any atom is -0.461 e. The topological polar surface area (TPSA) is 78.5 Å². The second-order valence-electron chi connectivity index (χ2n) is 7.93. The fourth-order valence-corrected chi connectivity index (χ4v) is 3.81. The van der Waals surface area contributed by atoms with Crippen LogP contribution < -0.4 is 5.56 Å². The summed E-state index contributed by atoms with van der Waals surface area (Å²) in [5, 5.41) is 0.556. The van der Waals surface area contributed by atoms with Gasteiger partial charge < -0.3 is 9.14 Å². The zero-order chi connectivity index (χ0) is 22.9. The van der Waals surface area contributed by atoms with Gasteiger partial charge in [0.15, 0.2) is 5.69 Å². The number of nitrogens with zero attached hydrogens (tertiary/aromatic N) is 4. The third-order valence-corrected chi connectivity index (χ3v) is 5.57. The SMILES string of the molecule is CCOC(=O)c1cn2cc(-c3ccc4ncn(Cc5ccc(C)cc5)c(=O)c4c3)ccc2n1. The Balaban J connectivity index is 1.52. The number of hydrogen-bond acceptors (Lipinski definition) is 5. The first kappa shape index (κ1) is 20.6. The Hall–Kier alpha value is -4.26. The van der Waals surface area contributed by atoms with Crippen LogP contribution in [0.3, 0.4) is 0 Å². The van der Waals surface area contributed by atoms with Crippen LogP contribution in [0, 0.1) is 6.92 Å². The monoisotopic (exact) mass is 438 g/mol. The molecule has 7 heteroatoms. The number of benzene rings is 2. The van der Waals surface area contributed by atoms with E-state index in [1.165, 1.54) is 5.56 Å². The van der Waals surface area contributed by atoms with E-state index in [0.29, 0.717) is 29.7 Å². The van der Waals surface area contributed by atoms with Crippen molar-refractivity contribution in [3.63, 3.8) is 0 Å². The van der Waals surface area contributed by atoms with Gasteiger partial charge in [-0.15, -0.1) is 0 Å². The number of ether oxygens (including phenoxy) is 1. The van der Waals surface area contributed by atoms with Gasteiger partial charge in [0.2, 0.25) is 0 Å². The number of rotatable bonds is 5. The van der Waals surface area contributed by atoms with Gasteiger partial charge in [0.25, 0.3) is 5.56 Å². The molecule has 0 amide bonds. The summed E-state index contributed by atoms with van der Waals surface area (Å²) in [4.78, 5) is 34.0. The number of hydrogen-bond donors (Lipinski definition) is 0. The van der Waals surface area contributed by atoms with Gasteiger partial charge in [-0.25, -0.2) is 14.8 Å². The number of carbonyl (C=O) groups excluding carboxylic acids is 1. The summed E-state index contributed by atoms with van der Waals surface area (Å²) in [7, 11) is 0. The van der Waals surface area contributed by atoms with E-state index in [4.69, 9.17) is 4.74 Å². The smallest absolute Gasteiger partial charge is 0.358 e. The van der Waals surface area contributed by atoms with Crippen LogP contribution in [-0.2, 0) is 11.3 Å². The number of pyridine rings is 1. The van der Waals surface area contributed by atoms with Crippen LogP contribution in [0.5, 0.6) is 0 Å². The molecule has 5 aromatic rings. The lowest BCUT2D eigenvalue weighted by molar-refractivity contribution is 0.0520. The lowest BCUT2D eigenvalue weighted by Crippen LogP contribution is -2.21. The van der Waals surface area contributed by atoms with Gasteiger partial charge in [-0.1, -0.05) is 35.9 Å². The number of carbonyl (C=O) groups is 1. The van der Waals surface area contributed by atoms with Gasteiger partial charge in [-0.3, -0.25) is 9.36 Å². The van der Waals surface area contributed by atoms with E-state index < -0.39 is 5.97 Å². The van der Waals surface area contributed by atoms with Crippen molar-refractivity contribution in [1.82, 2.24) is 18.9 Å². The standard InChI is InChI=1S/C26H22N4O3/c1-3-33-26(32)23-15-29-14-20(9-11-24(29)28-23)19-8-10-22-21(12-19)25(31)30(16-27-22)13-18-6-4-17(2)5-7-18/h4-12,14-16H,3,13H2,1-2H3. The molecule has 0 atom stereocenters. The average molecular weight is 438 g/mol. The molecular formula is C26H22N4O3. The molecule has 5 rings (SSSR count). The van der Waals surface area contributed by atoms with Gasteiger partial charge in [0.1, 0.15) is 5.65 Å². The Bertz CT molecular complexity index is 1550. The summed E-state index contributed by atoms with van der Waals surface area (Å²) in [6, 6.07) is 17.5. The molecule has 0 spiro atoms. The summed E-state index contributed by atoms with van der Waals surface area (Å²) in [5.74, 6) is -0.450. The van der Waals surface area contributed by atoms with Gasteiger partial charge in [0.05, 0.1) is 30.4 Å². The summed E-state index contributed by atoms with van der Waals surface area (Å²) in [6.07, 6.45) is 5.13. The summed E-state index contributed by atoms with van der Waals surface area (Å²) >= 11 is 0. The molecule has 0 unspecified atom stereocenters. The summed E-state index contributed by atoms with van der Waals surface area (Å²) < 4.78 is 8.44. The van der Waals surface area contributed by atoms with Crippen LogP contribution in [0.1, 0.15) is 28.5 Å². The van der Waals surface area contributed by atoms with Crippen molar-refractivity contribution in [2.24, 2.45) is 0 Å². The fraction of sp³-hybridized carbons (Fsp3) is 0.154. The average Bonchev–Trinajstić information content (AvgIpc) is 3.26. The van der Waals surface area contributed by atoms with Gasteiger partial charge in [0, 0.05) is 12.4 Å². The van der Waals surface area contributed by atoms with E-state index >= 15 is 0 Å². The highest BCUT2D eigenvalue weighted by molar-refractivity contribution is 5.88. The first-order valence-corrected chi connectivity index (χ1v) is 10.7. The van der Waals surface area contributed by atoms with E-state index in [1.807, 2.05) is 67.7 Å². The molecule has 0 fully saturated rings. The highest BCUT2D eigenvalue weighted by Crippen LogP contribution is 2.23. The third kappa shape index (κ3) is 4.01. The largest absolute Gasteiger partial charge is 0.461 e. The normalized spacial score (nSPS) is 11.2. The molecule has 0 N–H and O–H groups in total. The highest BCUT2D eigenvalue weighted by Gasteiger charge is 2.13. The number of aromatic nitrogens is 4. The molecule has 33 heavy (non-hydrogen) atoms. The Morgan fingerprint density at radius 2 is 1.79 bits per heavy atom. The summed E-state index contributed by atoms with van der Waals surface area (Å²) in [5.41, 5.74) is 5.46. The Kier molecular flexibility index (Phi) is 5.22. The van der Waals surface area contributed by atoms with Crippen LogP contribution in [0.2, 0.25) is 0 Å². The van der Waals surface area contributed by atoms with E-state index in [1.54, 1.807) is 28.4 Å². The van der Waals surface area contributed by atoms with Crippen molar-refractivity contribution >= 4 is 22.5 Å². The van der Waals surface area contributed by atoms with Crippen molar-refractivity contribution in [1.29, 1.82) is 0 Å². The van der Waals surface area contributed by atoms with Crippen LogP contribution in [0.15, 0.2) is 78.1 Å². The van der Waals surface area contributed by atoms with E-state index in [-0.39, 0.29) is 11.3 Å². The molecule has 0 aliphatic carbocycles. The van der Waals surface area contributed by atoms with Gasteiger partial charge in [-0.05, 0) is 54.8 Å². The molecule has 3 heterocycles. The highest BCUT2D eigenvalue weighted by atomic mass is 16.5. The zero-order valence-electron chi connectivity index (χ0n) is 18.4. The second-order valence-corrected chi connectivity index (χ2v) is 7.93. The number of imidazole rings is 1. The van der Waals surface area contributed by atoms with Gasteiger partial charge in [-0.2, -0.15) is 0 Å². The van der Waals surface area contributed by atoms with Crippen molar-refractivity contribution < 1.29 is 9.53 Å². The Labute approximate surface area is 189 Å². The van der Waals surface area contributed by atoms with Crippen molar-refractivity contribution in [3.8, 4) is 11.1 Å². The minimum absolute atomic E-state index is 0.0873. The third-order valence-electron chi connectivity index (χ3n) is 5.57. The maximum absolute atomic E-state index is 13.2. The van der Waals surface area contributed by atoms with Crippen molar-refractivity contribution in [2.75, 3.05) is 6.61 Å². The molecular weight excluding hydrogens is 416 g/mol. The predicted molar refractivity (Wildman–Crippen MR) is 126 cm³/mol. The van der Waals surface area contributed by atoms with Crippen LogP contribution in [-0.4, -0.2) is 31.5 Å². The maximum atomic E-state index is 13.2. The van der Waals surface area contributed by atoms with E-state index in [0.717, 1.165) is 16.7 Å². The van der Waals surface area contributed by atoms with Crippen molar-refractivity contribution in [2.45, 2.75) is 20.4 Å². The molecule has 3 aromatic heterocycles. The van der Waals surface area contributed by atoms with Crippen LogP contribution >= 0.6 is 0 Å². The molecule has 164 valence electrons. The molecule has 0 radical (unpaired) electrons.